The van der Waals surface area contributed by atoms with Crippen LogP contribution in [0.2, 0.25) is 0 Å². The van der Waals surface area contributed by atoms with Crippen LogP contribution in [0.3, 0.4) is 0 Å². The Bertz CT molecular complexity index is 809. The molecule has 0 spiro atoms. The molecule has 2 aromatic heterocycles. The van der Waals surface area contributed by atoms with Crippen molar-refractivity contribution in [2.24, 2.45) is 0 Å². The van der Waals surface area contributed by atoms with Gasteiger partial charge in [0.1, 0.15) is 18.0 Å². The number of aromatic nitrogens is 2. The first kappa shape index (κ1) is 17.3. The van der Waals surface area contributed by atoms with Gasteiger partial charge in [-0.3, -0.25) is 9.59 Å². The van der Waals surface area contributed by atoms with Gasteiger partial charge in [0.15, 0.2) is 5.75 Å². The van der Waals surface area contributed by atoms with E-state index < -0.39 is 0 Å². The van der Waals surface area contributed by atoms with Crippen molar-refractivity contribution in [1.82, 2.24) is 14.6 Å². The van der Waals surface area contributed by atoms with E-state index in [1.807, 2.05) is 19.9 Å². The normalized spacial score (nSPS) is 17.3. The molecule has 1 fully saturated rings. The molecule has 1 aliphatic heterocycles. The van der Waals surface area contributed by atoms with Crippen LogP contribution in [0.5, 0.6) is 5.75 Å². The summed E-state index contributed by atoms with van der Waals surface area (Å²) >= 11 is 0. The molecule has 7 nitrogen and oxygen atoms in total. The van der Waals surface area contributed by atoms with E-state index >= 15 is 0 Å². The molecule has 0 aliphatic carbocycles. The van der Waals surface area contributed by atoms with Crippen LogP contribution in [0, 0.1) is 0 Å². The third-order valence-electron chi connectivity index (χ3n) is 4.54. The summed E-state index contributed by atoms with van der Waals surface area (Å²) in [6.07, 6.45) is 3.36. The SMILES string of the molecule is COc1cccn(CC(=O)N2CCC[C@@H]2c2cc(C(C)C)on2)c1=O. The van der Waals surface area contributed by atoms with Gasteiger partial charge in [-0.2, -0.15) is 0 Å². The van der Waals surface area contributed by atoms with E-state index in [-0.39, 0.29) is 35.7 Å². The number of rotatable bonds is 5. The molecule has 0 radical (unpaired) electrons. The van der Waals surface area contributed by atoms with Gasteiger partial charge in [0.2, 0.25) is 5.91 Å². The van der Waals surface area contributed by atoms with Crippen molar-refractivity contribution in [2.75, 3.05) is 13.7 Å². The highest BCUT2D eigenvalue weighted by atomic mass is 16.5. The molecule has 0 N–H and O–H groups in total. The fraction of sp³-hybridized carbons (Fsp3) is 0.500. The lowest BCUT2D eigenvalue weighted by Crippen LogP contribution is -2.36. The van der Waals surface area contributed by atoms with Crippen molar-refractivity contribution in [2.45, 2.75) is 45.2 Å². The number of hydrogen-bond acceptors (Lipinski definition) is 5. The highest BCUT2D eigenvalue weighted by molar-refractivity contribution is 5.76. The standard InChI is InChI=1S/C18H23N3O4/c1-12(2)16-10-13(19-25-16)14-6-4-9-21(14)17(22)11-20-8-5-7-15(24-3)18(20)23/h5,7-8,10,12,14H,4,6,9,11H2,1-3H3/t14-/m1/s1. The van der Waals surface area contributed by atoms with Gasteiger partial charge in [-0.15, -0.1) is 0 Å². The lowest BCUT2D eigenvalue weighted by molar-refractivity contribution is -0.132. The Balaban J connectivity index is 1.78. The van der Waals surface area contributed by atoms with E-state index in [1.165, 1.54) is 11.7 Å². The Labute approximate surface area is 146 Å². The van der Waals surface area contributed by atoms with Crippen LogP contribution in [-0.2, 0) is 11.3 Å². The van der Waals surface area contributed by atoms with Crippen molar-refractivity contribution >= 4 is 5.91 Å². The number of nitrogens with zero attached hydrogens (tertiary/aromatic N) is 3. The molecule has 0 bridgehead atoms. The van der Waals surface area contributed by atoms with Crippen LogP contribution in [0.4, 0.5) is 0 Å². The lowest BCUT2D eigenvalue weighted by atomic mass is 10.1. The smallest absolute Gasteiger partial charge is 0.293 e. The Morgan fingerprint density at radius 1 is 1.48 bits per heavy atom. The molecule has 1 aliphatic rings. The summed E-state index contributed by atoms with van der Waals surface area (Å²) in [5, 5.41) is 4.15. The van der Waals surface area contributed by atoms with Gasteiger partial charge in [0, 0.05) is 24.7 Å². The molecule has 3 heterocycles. The maximum atomic E-state index is 12.8. The quantitative estimate of drug-likeness (QED) is 0.831. The van der Waals surface area contributed by atoms with Crippen molar-refractivity contribution in [3.63, 3.8) is 0 Å². The number of methoxy groups -OCH3 is 1. The number of pyridine rings is 1. The molecule has 134 valence electrons. The number of hydrogen-bond donors (Lipinski definition) is 0. The largest absolute Gasteiger partial charge is 0.491 e. The molecular formula is C18H23N3O4. The predicted molar refractivity (Wildman–Crippen MR) is 91.5 cm³/mol. The van der Waals surface area contributed by atoms with E-state index in [4.69, 9.17) is 9.26 Å². The van der Waals surface area contributed by atoms with Gasteiger partial charge >= 0.3 is 0 Å². The second kappa shape index (κ2) is 7.13. The number of amides is 1. The molecule has 0 aromatic carbocycles. The van der Waals surface area contributed by atoms with Crippen molar-refractivity contribution in [3.05, 3.63) is 46.2 Å². The number of carbonyl (C=O) groups is 1. The molecule has 25 heavy (non-hydrogen) atoms. The van der Waals surface area contributed by atoms with Gasteiger partial charge in [-0.25, -0.2) is 0 Å². The predicted octanol–water partition coefficient (Wildman–Crippen LogP) is 2.33. The minimum absolute atomic E-state index is 0.0125. The van der Waals surface area contributed by atoms with Gasteiger partial charge in [-0.1, -0.05) is 19.0 Å². The third kappa shape index (κ3) is 3.45. The van der Waals surface area contributed by atoms with Gasteiger partial charge in [0.25, 0.3) is 5.56 Å². The second-order valence-corrected chi connectivity index (χ2v) is 6.56. The van der Waals surface area contributed by atoms with Gasteiger partial charge in [-0.05, 0) is 25.0 Å². The van der Waals surface area contributed by atoms with E-state index in [2.05, 4.69) is 5.16 Å². The molecule has 1 saturated heterocycles. The van der Waals surface area contributed by atoms with E-state index in [1.54, 1.807) is 23.2 Å². The molecule has 3 rings (SSSR count). The van der Waals surface area contributed by atoms with Crippen LogP contribution < -0.4 is 10.3 Å². The maximum absolute atomic E-state index is 12.8. The van der Waals surface area contributed by atoms with Crippen LogP contribution in [0.15, 0.2) is 33.7 Å². The summed E-state index contributed by atoms with van der Waals surface area (Å²) in [5.74, 6) is 1.19. The number of likely N-dealkylation sites (tertiary alicyclic amines) is 1. The van der Waals surface area contributed by atoms with E-state index in [0.717, 1.165) is 24.3 Å². The summed E-state index contributed by atoms with van der Waals surface area (Å²) in [6, 6.07) is 5.12. The summed E-state index contributed by atoms with van der Waals surface area (Å²) in [5.41, 5.74) is 0.477. The first-order valence-electron chi connectivity index (χ1n) is 8.50. The highest BCUT2D eigenvalue weighted by Crippen LogP contribution is 2.32. The van der Waals surface area contributed by atoms with Crippen molar-refractivity contribution < 1.29 is 14.1 Å². The molecule has 0 unspecified atom stereocenters. The maximum Gasteiger partial charge on any atom is 0.293 e. The Hall–Kier alpha value is -2.57. The fourth-order valence-corrected chi connectivity index (χ4v) is 3.14. The molecular weight excluding hydrogens is 322 g/mol. The topological polar surface area (TPSA) is 77.6 Å². The summed E-state index contributed by atoms with van der Waals surface area (Å²) in [7, 11) is 1.44. The zero-order chi connectivity index (χ0) is 18.0. The second-order valence-electron chi connectivity index (χ2n) is 6.56. The average molecular weight is 345 g/mol. The van der Waals surface area contributed by atoms with Gasteiger partial charge in [0.05, 0.1) is 13.2 Å². The third-order valence-corrected chi connectivity index (χ3v) is 4.54. The van der Waals surface area contributed by atoms with Crippen molar-refractivity contribution in [1.29, 1.82) is 0 Å². The molecule has 0 saturated carbocycles. The summed E-state index contributed by atoms with van der Waals surface area (Å²) < 4.78 is 11.8. The fourth-order valence-electron chi connectivity index (χ4n) is 3.14. The summed E-state index contributed by atoms with van der Waals surface area (Å²) in [4.78, 5) is 26.8. The van der Waals surface area contributed by atoms with E-state index in [9.17, 15) is 9.59 Å². The Morgan fingerprint density at radius 2 is 2.28 bits per heavy atom. The van der Waals surface area contributed by atoms with Crippen LogP contribution in [0.25, 0.3) is 0 Å². The monoisotopic (exact) mass is 345 g/mol. The first-order valence-corrected chi connectivity index (χ1v) is 8.50. The summed E-state index contributed by atoms with van der Waals surface area (Å²) in [6.45, 7) is 4.72. The Kier molecular flexibility index (Phi) is 4.92. The average Bonchev–Trinajstić information content (AvgIpc) is 3.25. The molecule has 1 atom stereocenters. The minimum atomic E-state index is -0.308. The first-order chi connectivity index (χ1) is 12.0. The number of carbonyl (C=O) groups excluding carboxylic acids is 1. The van der Waals surface area contributed by atoms with Crippen LogP contribution in [-0.4, -0.2) is 34.2 Å². The minimum Gasteiger partial charge on any atom is -0.491 e. The van der Waals surface area contributed by atoms with Crippen LogP contribution >= 0.6 is 0 Å². The van der Waals surface area contributed by atoms with Gasteiger partial charge < -0.3 is 18.7 Å². The lowest BCUT2D eigenvalue weighted by Gasteiger charge is -2.23. The zero-order valence-electron chi connectivity index (χ0n) is 14.8. The van der Waals surface area contributed by atoms with Crippen molar-refractivity contribution in [3.8, 4) is 5.75 Å². The number of ether oxygens (including phenoxy) is 1. The molecule has 1 amide bonds. The van der Waals surface area contributed by atoms with E-state index in [0.29, 0.717) is 6.54 Å². The molecule has 2 aromatic rings. The highest BCUT2D eigenvalue weighted by Gasteiger charge is 2.32. The molecule has 7 heteroatoms. The van der Waals surface area contributed by atoms with Crippen LogP contribution in [0.1, 0.15) is 50.1 Å². The Morgan fingerprint density at radius 3 is 2.96 bits per heavy atom. The zero-order valence-corrected chi connectivity index (χ0v) is 14.8.